The molecule has 1 aromatic heterocycles. The second-order valence-electron chi connectivity index (χ2n) is 5.33. The van der Waals surface area contributed by atoms with Crippen molar-refractivity contribution in [3.05, 3.63) is 10.6 Å². The number of nitrogens with zero attached hydrogens (tertiary/aromatic N) is 2. The summed E-state index contributed by atoms with van der Waals surface area (Å²) in [5, 5.41) is 4.63. The van der Waals surface area contributed by atoms with Crippen molar-refractivity contribution in [2.24, 2.45) is 5.92 Å². The van der Waals surface area contributed by atoms with E-state index in [1.54, 1.807) is 0 Å². The van der Waals surface area contributed by atoms with Crippen LogP contribution in [-0.2, 0) is 13.0 Å². The Hall–Kier alpha value is -0.610. The van der Waals surface area contributed by atoms with E-state index < -0.39 is 0 Å². The van der Waals surface area contributed by atoms with Crippen molar-refractivity contribution < 1.29 is 0 Å². The molecule has 0 aromatic carbocycles. The van der Waals surface area contributed by atoms with Crippen LogP contribution in [0.5, 0.6) is 0 Å². The molecule has 1 rings (SSSR count). The van der Waals surface area contributed by atoms with Crippen molar-refractivity contribution in [3.8, 4) is 0 Å². The molecule has 1 heterocycles. The van der Waals surface area contributed by atoms with Gasteiger partial charge in [-0.1, -0.05) is 34.1 Å². The highest BCUT2D eigenvalue weighted by atomic mass is 32.1. The molecule has 0 aliphatic rings. The second kappa shape index (κ2) is 8.54. The zero-order valence-corrected chi connectivity index (χ0v) is 13.9. The number of thiazole rings is 1. The van der Waals surface area contributed by atoms with Crippen molar-refractivity contribution in [1.82, 2.24) is 10.3 Å². The van der Waals surface area contributed by atoms with Gasteiger partial charge in [0.25, 0.3) is 0 Å². The van der Waals surface area contributed by atoms with Gasteiger partial charge >= 0.3 is 0 Å². The molecule has 0 unspecified atom stereocenters. The molecule has 1 N–H and O–H groups in total. The summed E-state index contributed by atoms with van der Waals surface area (Å²) in [6, 6.07) is 0. The predicted octanol–water partition coefficient (Wildman–Crippen LogP) is 3.69. The molecule has 19 heavy (non-hydrogen) atoms. The maximum Gasteiger partial charge on any atom is 0.185 e. The maximum absolute atomic E-state index is 4.88. The van der Waals surface area contributed by atoms with Crippen LogP contribution in [0.15, 0.2) is 0 Å². The monoisotopic (exact) mass is 283 g/mol. The quantitative estimate of drug-likeness (QED) is 0.749. The third-order valence-electron chi connectivity index (χ3n) is 3.03. The van der Waals surface area contributed by atoms with Gasteiger partial charge in [0.1, 0.15) is 0 Å². The number of hydrogen-bond donors (Lipinski definition) is 1. The van der Waals surface area contributed by atoms with E-state index in [4.69, 9.17) is 4.98 Å². The summed E-state index contributed by atoms with van der Waals surface area (Å²) in [4.78, 5) is 8.71. The lowest BCUT2D eigenvalue weighted by Gasteiger charge is -2.21. The van der Waals surface area contributed by atoms with Gasteiger partial charge < -0.3 is 10.2 Å². The van der Waals surface area contributed by atoms with Gasteiger partial charge in [0.2, 0.25) is 0 Å². The fourth-order valence-corrected chi connectivity index (χ4v) is 3.25. The van der Waals surface area contributed by atoms with E-state index in [1.807, 2.05) is 11.3 Å². The summed E-state index contributed by atoms with van der Waals surface area (Å²) in [5.41, 5.74) is 1.30. The number of aryl methyl sites for hydroxylation is 1. The Morgan fingerprint density at radius 3 is 2.53 bits per heavy atom. The topological polar surface area (TPSA) is 28.2 Å². The Balaban J connectivity index is 2.87. The summed E-state index contributed by atoms with van der Waals surface area (Å²) in [5.74, 6) is 0.677. The van der Waals surface area contributed by atoms with E-state index in [1.165, 1.54) is 22.1 Å². The first kappa shape index (κ1) is 16.4. The lowest BCUT2D eigenvalue weighted by molar-refractivity contribution is 0.617. The molecule has 0 amide bonds. The molecule has 3 nitrogen and oxygen atoms in total. The van der Waals surface area contributed by atoms with E-state index in [0.717, 1.165) is 32.6 Å². The van der Waals surface area contributed by atoms with E-state index >= 15 is 0 Å². The summed E-state index contributed by atoms with van der Waals surface area (Å²) in [6.45, 7) is 15.2. The highest BCUT2D eigenvalue weighted by molar-refractivity contribution is 7.15. The van der Waals surface area contributed by atoms with E-state index in [9.17, 15) is 0 Å². The summed E-state index contributed by atoms with van der Waals surface area (Å²) in [7, 11) is 0. The van der Waals surface area contributed by atoms with Crippen LogP contribution in [0.3, 0.4) is 0 Å². The average molecular weight is 283 g/mol. The van der Waals surface area contributed by atoms with E-state index in [-0.39, 0.29) is 0 Å². The van der Waals surface area contributed by atoms with Crippen LogP contribution in [0.2, 0.25) is 0 Å². The van der Waals surface area contributed by atoms with Crippen LogP contribution >= 0.6 is 11.3 Å². The van der Waals surface area contributed by atoms with E-state index in [2.05, 4.69) is 44.8 Å². The van der Waals surface area contributed by atoms with Crippen LogP contribution in [0, 0.1) is 5.92 Å². The number of anilines is 1. The van der Waals surface area contributed by atoms with Crippen molar-refractivity contribution in [1.29, 1.82) is 0 Å². The summed E-state index contributed by atoms with van der Waals surface area (Å²) in [6.07, 6.45) is 2.26. The second-order valence-corrected chi connectivity index (χ2v) is 6.39. The van der Waals surface area contributed by atoms with Gasteiger partial charge in [-0.05, 0) is 25.8 Å². The predicted molar refractivity (Wildman–Crippen MR) is 86.2 cm³/mol. The normalized spacial score (nSPS) is 11.3. The first-order chi connectivity index (χ1) is 9.12. The van der Waals surface area contributed by atoms with Gasteiger partial charge in [0.15, 0.2) is 5.13 Å². The van der Waals surface area contributed by atoms with Gasteiger partial charge in [-0.25, -0.2) is 4.98 Å². The van der Waals surface area contributed by atoms with Gasteiger partial charge in [-0.15, -0.1) is 11.3 Å². The molecule has 1 aromatic rings. The Bertz CT molecular complexity index is 360. The van der Waals surface area contributed by atoms with Gasteiger partial charge in [0.05, 0.1) is 5.69 Å². The van der Waals surface area contributed by atoms with Crippen LogP contribution in [0.4, 0.5) is 5.13 Å². The highest BCUT2D eigenvalue weighted by Crippen LogP contribution is 2.27. The number of rotatable bonds is 9. The number of aromatic nitrogens is 1. The molecule has 0 radical (unpaired) electrons. The number of hydrogen-bond acceptors (Lipinski definition) is 4. The molecule has 0 saturated carbocycles. The molecule has 0 aliphatic heterocycles. The molecule has 0 atom stereocenters. The fourth-order valence-electron chi connectivity index (χ4n) is 2.10. The fraction of sp³-hybridized carbons (Fsp3) is 0.800. The molecule has 4 heteroatoms. The zero-order chi connectivity index (χ0) is 14.3. The zero-order valence-electron chi connectivity index (χ0n) is 13.1. The van der Waals surface area contributed by atoms with Crippen LogP contribution in [-0.4, -0.2) is 24.6 Å². The minimum atomic E-state index is 0.677. The van der Waals surface area contributed by atoms with Gasteiger partial charge in [-0.2, -0.15) is 0 Å². The largest absolute Gasteiger partial charge is 0.348 e. The van der Waals surface area contributed by atoms with Crippen molar-refractivity contribution in [2.75, 3.05) is 24.5 Å². The van der Waals surface area contributed by atoms with Crippen LogP contribution in [0.25, 0.3) is 0 Å². The Labute approximate surface area is 122 Å². The van der Waals surface area contributed by atoms with Crippen molar-refractivity contribution >= 4 is 16.5 Å². The van der Waals surface area contributed by atoms with Crippen LogP contribution < -0.4 is 10.2 Å². The average Bonchev–Trinajstić information content (AvgIpc) is 2.77. The van der Waals surface area contributed by atoms with Crippen LogP contribution in [0.1, 0.15) is 51.6 Å². The minimum Gasteiger partial charge on any atom is -0.348 e. The summed E-state index contributed by atoms with van der Waals surface area (Å²) >= 11 is 1.87. The molecule has 0 fully saturated rings. The summed E-state index contributed by atoms with van der Waals surface area (Å²) < 4.78 is 0. The molecule has 0 bridgehead atoms. The third kappa shape index (κ3) is 5.11. The lowest BCUT2D eigenvalue weighted by Crippen LogP contribution is -2.27. The minimum absolute atomic E-state index is 0.677. The van der Waals surface area contributed by atoms with Gasteiger partial charge in [0, 0.05) is 24.5 Å². The molecular formula is C15H29N3S. The maximum atomic E-state index is 4.88. The Morgan fingerprint density at radius 1 is 1.26 bits per heavy atom. The van der Waals surface area contributed by atoms with Crippen molar-refractivity contribution in [3.63, 3.8) is 0 Å². The van der Waals surface area contributed by atoms with E-state index in [0.29, 0.717) is 5.92 Å². The molecule has 110 valence electrons. The molecular weight excluding hydrogens is 254 g/mol. The SMILES string of the molecule is CCCc1nc(N(CC)CC(C)C)sc1CNCC. The first-order valence-electron chi connectivity index (χ1n) is 7.56. The lowest BCUT2D eigenvalue weighted by atomic mass is 10.2. The molecule has 0 aliphatic carbocycles. The standard InChI is InChI=1S/C15H29N3S/c1-6-9-13-14(10-16-7-2)19-15(17-13)18(8-3)11-12(4)5/h12,16H,6-11H2,1-5H3. The Kier molecular flexibility index (Phi) is 7.39. The van der Waals surface area contributed by atoms with Gasteiger partial charge in [-0.3, -0.25) is 0 Å². The molecule has 0 spiro atoms. The van der Waals surface area contributed by atoms with Crippen molar-refractivity contribution in [2.45, 2.75) is 54.0 Å². The molecule has 0 saturated heterocycles. The number of nitrogens with one attached hydrogen (secondary N) is 1. The highest BCUT2D eigenvalue weighted by Gasteiger charge is 2.15. The Morgan fingerprint density at radius 2 is 2.00 bits per heavy atom. The smallest absolute Gasteiger partial charge is 0.185 e. The first-order valence-corrected chi connectivity index (χ1v) is 8.38. The third-order valence-corrected chi connectivity index (χ3v) is 4.19.